The van der Waals surface area contributed by atoms with Crippen molar-refractivity contribution < 1.29 is 14.7 Å². The number of carbonyl (C=O) groups is 2. The predicted octanol–water partition coefficient (Wildman–Crippen LogP) is 1.21. The summed E-state index contributed by atoms with van der Waals surface area (Å²) in [5, 5.41) is 15.3. The highest BCUT2D eigenvalue weighted by Crippen LogP contribution is 2.25. The van der Waals surface area contributed by atoms with E-state index in [-0.39, 0.29) is 17.7 Å². The Balaban J connectivity index is 1.92. The second kappa shape index (κ2) is 7.22. The first-order valence-electron chi connectivity index (χ1n) is 7.44. The van der Waals surface area contributed by atoms with E-state index in [4.69, 9.17) is 0 Å². The summed E-state index contributed by atoms with van der Waals surface area (Å²) in [5.41, 5.74) is 1.46. The van der Waals surface area contributed by atoms with E-state index in [9.17, 15) is 14.7 Å². The summed E-state index contributed by atoms with van der Waals surface area (Å²) < 4.78 is 0. The van der Waals surface area contributed by atoms with Gasteiger partial charge in [-0.1, -0.05) is 12.1 Å². The average Bonchev–Trinajstić information content (AvgIpc) is 2.91. The van der Waals surface area contributed by atoms with Crippen LogP contribution in [0.4, 0.5) is 0 Å². The van der Waals surface area contributed by atoms with Crippen LogP contribution < -0.4 is 10.6 Å². The Morgan fingerprint density at radius 2 is 2.10 bits per heavy atom. The third-order valence-corrected chi connectivity index (χ3v) is 3.81. The van der Waals surface area contributed by atoms with Crippen LogP contribution in [-0.4, -0.2) is 29.6 Å². The average molecular weight is 290 g/mol. The van der Waals surface area contributed by atoms with Gasteiger partial charge in [-0.25, -0.2) is 0 Å². The van der Waals surface area contributed by atoms with E-state index in [1.807, 2.05) is 13.0 Å². The van der Waals surface area contributed by atoms with Crippen molar-refractivity contribution >= 4 is 11.8 Å². The minimum absolute atomic E-state index is 0.108. The van der Waals surface area contributed by atoms with E-state index in [2.05, 4.69) is 10.6 Å². The van der Waals surface area contributed by atoms with Crippen LogP contribution in [0.3, 0.4) is 0 Å². The molecule has 3 N–H and O–H groups in total. The quantitative estimate of drug-likeness (QED) is 0.763. The maximum atomic E-state index is 12.0. The number of aliphatic hydroxyl groups is 1. The van der Waals surface area contributed by atoms with Crippen molar-refractivity contribution in [2.24, 2.45) is 5.92 Å². The number of amides is 2. The second-order valence-electron chi connectivity index (χ2n) is 5.38. The van der Waals surface area contributed by atoms with Crippen LogP contribution in [0.5, 0.6) is 0 Å². The fraction of sp³-hybridized carbons (Fsp3) is 0.500. The van der Waals surface area contributed by atoms with Gasteiger partial charge in [0.15, 0.2) is 0 Å². The van der Waals surface area contributed by atoms with Crippen LogP contribution >= 0.6 is 0 Å². The topological polar surface area (TPSA) is 78.4 Å². The second-order valence-corrected chi connectivity index (χ2v) is 5.38. The number of hydrogen-bond acceptors (Lipinski definition) is 3. The van der Waals surface area contributed by atoms with Gasteiger partial charge in [0.2, 0.25) is 5.91 Å². The van der Waals surface area contributed by atoms with E-state index in [1.54, 1.807) is 18.2 Å². The summed E-state index contributed by atoms with van der Waals surface area (Å²) in [6, 6.07) is 7.19. The molecule has 5 heteroatoms. The lowest BCUT2D eigenvalue weighted by Crippen LogP contribution is -2.34. The lowest BCUT2D eigenvalue weighted by atomic mass is 10.0. The molecule has 0 radical (unpaired) electrons. The van der Waals surface area contributed by atoms with Crippen molar-refractivity contribution in [3.05, 3.63) is 35.4 Å². The zero-order valence-electron chi connectivity index (χ0n) is 12.3. The van der Waals surface area contributed by atoms with Crippen molar-refractivity contribution in [3.63, 3.8) is 0 Å². The largest absolute Gasteiger partial charge is 0.392 e. The van der Waals surface area contributed by atoms with Gasteiger partial charge in [-0.15, -0.1) is 0 Å². The van der Waals surface area contributed by atoms with Gasteiger partial charge < -0.3 is 15.7 Å². The molecule has 0 saturated heterocycles. The molecule has 1 aromatic carbocycles. The van der Waals surface area contributed by atoms with Crippen LogP contribution in [0.1, 0.15) is 42.1 Å². The molecule has 0 heterocycles. The van der Waals surface area contributed by atoms with E-state index in [1.165, 1.54) is 0 Å². The fourth-order valence-corrected chi connectivity index (χ4v) is 2.65. The molecule has 2 atom stereocenters. The normalized spacial score (nSPS) is 21.0. The Labute approximate surface area is 124 Å². The van der Waals surface area contributed by atoms with Crippen LogP contribution in [-0.2, 0) is 11.3 Å². The van der Waals surface area contributed by atoms with Crippen LogP contribution in [0, 0.1) is 5.92 Å². The molecule has 2 unspecified atom stereocenters. The first kappa shape index (κ1) is 15.5. The third-order valence-electron chi connectivity index (χ3n) is 3.81. The highest BCUT2D eigenvalue weighted by Gasteiger charge is 2.31. The van der Waals surface area contributed by atoms with Gasteiger partial charge >= 0.3 is 0 Å². The van der Waals surface area contributed by atoms with Crippen LogP contribution in [0.2, 0.25) is 0 Å². The molecular weight excluding hydrogens is 268 g/mol. The molecule has 5 nitrogen and oxygen atoms in total. The van der Waals surface area contributed by atoms with Crippen molar-refractivity contribution in [2.75, 3.05) is 6.54 Å². The molecule has 1 fully saturated rings. The van der Waals surface area contributed by atoms with E-state index in [0.29, 0.717) is 25.1 Å². The highest BCUT2D eigenvalue weighted by molar-refractivity contribution is 5.94. The Bertz CT molecular complexity index is 516. The zero-order chi connectivity index (χ0) is 15.2. The molecule has 0 aliphatic heterocycles. The molecule has 1 aliphatic rings. The molecule has 1 saturated carbocycles. The molecule has 1 aromatic rings. The SMILES string of the molecule is CCNC(=O)c1cccc(CNC(=O)C2CCCC2O)c1. The Hall–Kier alpha value is -1.88. The van der Waals surface area contributed by atoms with Crippen molar-refractivity contribution in [1.29, 1.82) is 0 Å². The molecule has 2 rings (SSSR count). The third kappa shape index (κ3) is 4.04. The van der Waals surface area contributed by atoms with Crippen LogP contribution in [0.15, 0.2) is 24.3 Å². The lowest BCUT2D eigenvalue weighted by Gasteiger charge is -2.14. The zero-order valence-corrected chi connectivity index (χ0v) is 12.3. The van der Waals surface area contributed by atoms with Gasteiger partial charge in [0.1, 0.15) is 0 Å². The van der Waals surface area contributed by atoms with Gasteiger partial charge in [-0.3, -0.25) is 9.59 Å². The van der Waals surface area contributed by atoms with Crippen molar-refractivity contribution in [1.82, 2.24) is 10.6 Å². The Morgan fingerprint density at radius 3 is 2.76 bits per heavy atom. The number of aliphatic hydroxyl groups excluding tert-OH is 1. The summed E-state index contributed by atoms with van der Waals surface area (Å²) in [6.45, 7) is 2.82. The number of benzene rings is 1. The standard InChI is InChI=1S/C16H22N2O3/c1-2-17-15(20)12-6-3-5-11(9-12)10-18-16(21)13-7-4-8-14(13)19/h3,5-6,9,13-14,19H,2,4,7-8,10H2,1H3,(H,17,20)(H,18,21). The maximum Gasteiger partial charge on any atom is 0.251 e. The Kier molecular flexibility index (Phi) is 5.33. The molecule has 1 aliphatic carbocycles. The fourth-order valence-electron chi connectivity index (χ4n) is 2.65. The molecule has 2 amide bonds. The summed E-state index contributed by atoms with van der Waals surface area (Å²) in [7, 11) is 0. The summed E-state index contributed by atoms with van der Waals surface area (Å²) >= 11 is 0. The summed E-state index contributed by atoms with van der Waals surface area (Å²) in [4.78, 5) is 23.8. The lowest BCUT2D eigenvalue weighted by molar-refractivity contribution is -0.127. The van der Waals surface area contributed by atoms with Gasteiger partial charge in [-0.05, 0) is 43.9 Å². The number of rotatable bonds is 5. The van der Waals surface area contributed by atoms with Crippen molar-refractivity contribution in [3.8, 4) is 0 Å². The van der Waals surface area contributed by atoms with E-state index >= 15 is 0 Å². The van der Waals surface area contributed by atoms with E-state index < -0.39 is 6.10 Å². The highest BCUT2D eigenvalue weighted by atomic mass is 16.3. The van der Waals surface area contributed by atoms with Crippen LogP contribution in [0.25, 0.3) is 0 Å². The van der Waals surface area contributed by atoms with Crippen molar-refractivity contribution in [2.45, 2.75) is 38.8 Å². The number of hydrogen-bond donors (Lipinski definition) is 3. The molecule has 0 bridgehead atoms. The van der Waals surface area contributed by atoms with Gasteiger partial charge in [0, 0.05) is 18.7 Å². The van der Waals surface area contributed by atoms with E-state index in [0.717, 1.165) is 18.4 Å². The molecule has 114 valence electrons. The van der Waals surface area contributed by atoms with Gasteiger partial charge in [0.05, 0.1) is 12.0 Å². The molecule has 0 aromatic heterocycles. The predicted molar refractivity (Wildman–Crippen MR) is 79.6 cm³/mol. The first-order valence-corrected chi connectivity index (χ1v) is 7.44. The van der Waals surface area contributed by atoms with Gasteiger partial charge in [-0.2, -0.15) is 0 Å². The number of nitrogens with one attached hydrogen (secondary N) is 2. The maximum absolute atomic E-state index is 12.0. The minimum Gasteiger partial charge on any atom is -0.392 e. The van der Waals surface area contributed by atoms with Gasteiger partial charge in [0.25, 0.3) is 5.91 Å². The molecule has 21 heavy (non-hydrogen) atoms. The first-order chi connectivity index (χ1) is 10.1. The minimum atomic E-state index is -0.522. The summed E-state index contributed by atoms with van der Waals surface area (Å²) in [6.07, 6.45) is 1.81. The number of carbonyl (C=O) groups excluding carboxylic acids is 2. The molecule has 0 spiro atoms. The molecular formula is C16H22N2O3. The summed E-state index contributed by atoms with van der Waals surface area (Å²) in [5.74, 6) is -0.517. The smallest absolute Gasteiger partial charge is 0.251 e. The Morgan fingerprint density at radius 1 is 1.29 bits per heavy atom. The monoisotopic (exact) mass is 290 g/mol.